The Hall–Kier alpha value is -3.15. The third-order valence-electron chi connectivity index (χ3n) is 4.55. The van der Waals surface area contributed by atoms with Gasteiger partial charge in [-0.25, -0.2) is 0 Å². The molecule has 0 N–H and O–H groups in total. The Morgan fingerprint density at radius 1 is 1.04 bits per heavy atom. The summed E-state index contributed by atoms with van der Waals surface area (Å²) in [6.07, 6.45) is 1.20. The molecule has 2 amide bonds. The monoisotopic (exact) mass is 366 g/mol. The molecule has 0 fully saturated rings. The summed E-state index contributed by atoms with van der Waals surface area (Å²) in [5, 5.41) is 0. The summed E-state index contributed by atoms with van der Waals surface area (Å²) in [5.74, 6) is 0.313. The first-order chi connectivity index (χ1) is 13.0. The van der Waals surface area contributed by atoms with Gasteiger partial charge in [0.15, 0.2) is 6.61 Å². The Labute approximate surface area is 158 Å². The van der Waals surface area contributed by atoms with Crippen molar-refractivity contribution in [2.24, 2.45) is 0 Å². The molecular weight excluding hydrogens is 344 g/mol. The minimum atomic E-state index is -0.274. The number of amides is 2. The number of hydrogen-bond donors (Lipinski definition) is 0. The standard InChI is InChI=1S/C21H22N2O4/c1-15(24)7-8-16-9-11-17(12-10-16)27-14-21(26)23-13-20(25)22(2)18-5-3-4-6-19(18)23/h3-6,9-12H,7-8,13-14H2,1-2H3. The maximum Gasteiger partial charge on any atom is 0.265 e. The van der Waals surface area contributed by atoms with Gasteiger partial charge in [-0.2, -0.15) is 0 Å². The molecule has 0 bridgehead atoms. The molecule has 6 nitrogen and oxygen atoms in total. The average Bonchev–Trinajstić information content (AvgIpc) is 2.68. The summed E-state index contributed by atoms with van der Waals surface area (Å²) in [4.78, 5) is 38.8. The fourth-order valence-corrected chi connectivity index (χ4v) is 2.96. The van der Waals surface area contributed by atoms with Crippen molar-refractivity contribution in [1.29, 1.82) is 0 Å². The van der Waals surface area contributed by atoms with Crippen LogP contribution in [0.25, 0.3) is 0 Å². The maximum absolute atomic E-state index is 12.6. The number of hydrogen-bond acceptors (Lipinski definition) is 4. The lowest BCUT2D eigenvalue weighted by Crippen LogP contribution is -2.48. The van der Waals surface area contributed by atoms with E-state index in [0.717, 1.165) is 5.56 Å². The number of likely N-dealkylation sites (N-methyl/N-ethyl adjacent to an activating group) is 1. The predicted molar refractivity (Wildman–Crippen MR) is 103 cm³/mol. The molecule has 0 atom stereocenters. The first-order valence-corrected chi connectivity index (χ1v) is 8.83. The van der Waals surface area contributed by atoms with Crippen LogP contribution in [-0.4, -0.2) is 37.8 Å². The highest BCUT2D eigenvalue weighted by molar-refractivity contribution is 6.11. The van der Waals surface area contributed by atoms with Crippen LogP contribution in [0.3, 0.4) is 0 Å². The molecule has 6 heteroatoms. The average molecular weight is 366 g/mol. The van der Waals surface area contributed by atoms with E-state index in [1.54, 1.807) is 31.0 Å². The minimum absolute atomic E-state index is 0.000307. The topological polar surface area (TPSA) is 66.9 Å². The van der Waals surface area contributed by atoms with Crippen molar-refractivity contribution in [2.45, 2.75) is 19.8 Å². The van der Waals surface area contributed by atoms with Crippen LogP contribution in [0.4, 0.5) is 11.4 Å². The molecule has 2 aromatic rings. The van der Waals surface area contributed by atoms with Gasteiger partial charge in [0.25, 0.3) is 5.91 Å². The summed E-state index contributed by atoms with van der Waals surface area (Å²) in [5.41, 5.74) is 2.45. The van der Waals surface area contributed by atoms with Gasteiger partial charge in [-0.15, -0.1) is 0 Å². The van der Waals surface area contributed by atoms with E-state index in [1.807, 2.05) is 36.4 Å². The molecule has 140 valence electrons. The molecule has 0 saturated heterocycles. The largest absolute Gasteiger partial charge is 0.484 e. The third-order valence-corrected chi connectivity index (χ3v) is 4.55. The van der Waals surface area contributed by atoms with E-state index in [4.69, 9.17) is 4.74 Å². The molecule has 2 aromatic carbocycles. The van der Waals surface area contributed by atoms with Crippen molar-refractivity contribution in [2.75, 3.05) is 30.0 Å². The molecular formula is C21H22N2O4. The van der Waals surface area contributed by atoms with Crippen molar-refractivity contribution in [1.82, 2.24) is 0 Å². The van der Waals surface area contributed by atoms with Gasteiger partial charge in [-0.3, -0.25) is 14.5 Å². The van der Waals surface area contributed by atoms with Crippen molar-refractivity contribution in [3.05, 3.63) is 54.1 Å². The summed E-state index contributed by atoms with van der Waals surface area (Å²) in [7, 11) is 1.70. The number of ketones is 1. The summed E-state index contributed by atoms with van der Waals surface area (Å²) in [6, 6.07) is 14.6. The van der Waals surface area contributed by atoms with Crippen molar-refractivity contribution < 1.29 is 19.1 Å². The van der Waals surface area contributed by atoms with E-state index in [9.17, 15) is 14.4 Å². The Morgan fingerprint density at radius 2 is 1.70 bits per heavy atom. The Morgan fingerprint density at radius 3 is 2.37 bits per heavy atom. The Kier molecular flexibility index (Phi) is 5.54. The number of nitrogens with zero attached hydrogens (tertiary/aromatic N) is 2. The quantitative estimate of drug-likeness (QED) is 0.788. The molecule has 0 aliphatic carbocycles. The van der Waals surface area contributed by atoms with Crippen LogP contribution in [0.5, 0.6) is 5.75 Å². The molecule has 1 heterocycles. The molecule has 0 spiro atoms. The Bertz CT molecular complexity index is 861. The minimum Gasteiger partial charge on any atom is -0.484 e. The van der Waals surface area contributed by atoms with E-state index in [2.05, 4.69) is 0 Å². The van der Waals surface area contributed by atoms with E-state index >= 15 is 0 Å². The van der Waals surface area contributed by atoms with Crippen LogP contribution in [-0.2, 0) is 20.8 Å². The predicted octanol–water partition coefficient (Wildman–Crippen LogP) is 2.60. The molecule has 1 aliphatic rings. The number of aryl methyl sites for hydroxylation is 1. The number of fused-ring (bicyclic) bond motifs is 1. The highest BCUT2D eigenvalue weighted by Gasteiger charge is 2.30. The van der Waals surface area contributed by atoms with E-state index in [1.165, 1.54) is 4.90 Å². The molecule has 0 aromatic heterocycles. The number of carbonyl (C=O) groups excluding carboxylic acids is 3. The number of Topliss-reactive ketones (excluding diaryl/α,β-unsaturated/α-hetero) is 1. The fraction of sp³-hybridized carbons (Fsp3) is 0.286. The van der Waals surface area contributed by atoms with Crippen LogP contribution in [0.1, 0.15) is 18.9 Å². The van der Waals surface area contributed by atoms with Gasteiger partial charge in [-0.1, -0.05) is 24.3 Å². The Balaban J connectivity index is 1.63. The maximum atomic E-state index is 12.6. The molecule has 1 aliphatic heterocycles. The first kappa shape index (κ1) is 18.6. The SMILES string of the molecule is CC(=O)CCc1ccc(OCC(=O)N2CC(=O)N(C)c3ccccc32)cc1. The van der Waals surface area contributed by atoms with Crippen molar-refractivity contribution in [3.8, 4) is 5.75 Å². The molecule has 0 radical (unpaired) electrons. The normalized spacial score (nSPS) is 13.3. The van der Waals surface area contributed by atoms with Gasteiger partial charge in [0.1, 0.15) is 18.1 Å². The highest BCUT2D eigenvalue weighted by atomic mass is 16.5. The second kappa shape index (κ2) is 8.03. The van der Waals surface area contributed by atoms with Gasteiger partial charge >= 0.3 is 0 Å². The van der Waals surface area contributed by atoms with Crippen LogP contribution >= 0.6 is 0 Å². The lowest BCUT2D eigenvalue weighted by atomic mass is 10.1. The lowest BCUT2D eigenvalue weighted by Gasteiger charge is -2.34. The molecule has 3 rings (SSSR count). The number of ether oxygens (including phenoxy) is 1. The number of anilines is 2. The number of carbonyl (C=O) groups is 3. The van der Waals surface area contributed by atoms with Gasteiger partial charge in [0, 0.05) is 13.5 Å². The van der Waals surface area contributed by atoms with Gasteiger partial charge < -0.3 is 14.4 Å². The van der Waals surface area contributed by atoms with Crippen LogP contribution in [0.2, 0.25) is 0 Å². The number of rotatable bonds is 6. The number of benzene rings is 2. The smallest absolute Gasteiger partial charge is 0.265 e. The first-order valence-electron chi connectivity index (χ1n) is 8.83. The van der Waals surface area contributed by atoms with Crippen LogP contribution in [0.15, 0.2) is 48.5 Å². The lowest BCUT2D eigenvalue weighted by molar-refractivity contribution is -0.124. The molecule has 0 saturated carbocycles. The van der Waals surface area contributed by atoms with Crippen molar-refractivity contribution >= 4 is 29.0 Å². The molecule has 27 heavy (non-hydrogen) atoms. The van der Waals surface area contributed by atoms with Crippen LogP contribution < -0.4 is 14.5 Å². The second-order valence-corrected chi connectivity index (χ2v) is 6.56. The summed E-state index contributed by atoms with van der Waals surface area (Å²) >= 11 is 0. The second-order valence-electron chi connectivity index (χ2n) is 6.56. The zero-order valence-corrected chi connectivity index (χ0v) is 15.5. The van der Waals surface area contributed by atoms with Gasteiger partial charge in [0.2, 0.25) is 5.91 Å². The summed E-state index contributed by atoms with van der Waals surface area (Å²) in [6.45, 7) is 1.42. The third kappa shape index (κ3) is 4.34. The van der Waals surface area contributed by atoms with E-state index < -0.39 is 0 Å². The zero-order valence-electron chi connectivity index (χ0n) is 15.5. The zero-order chi connectivity index (χ0) is 19.4. The van der Waals surface area contributed by atoms with Gasteiger partial charge in [-0.05, 0) is 43.2 Å². The van der Waals surface area contributed by atoms with E-state index in [0.29, 0.717) is 30.0 Å². The van der Waals surface area contributed by atoms with E-state index in [-0.39, 0.29) is 30.7 Å². The van der Waals surface area contributed by atoms with Gasteiger partial charge in [0.05, 0.1) is 11.4 Å². The fourth-order valence-electron chi connectivity index (χ4n) is 2.96. The number of para-hydroxylation sites is 2. The highest BCUT2D eigenvalue weighted by Crippen LogP contribution is 2.32. The van der Waals surface area contributed by atoms with Crippen molar-refractivity contribution in [3.63, 3.8) is 0 Å². The summed E-state index contributed by atoms with van der Waals surface area (Å²) < 4.78 is 5.60. The molecule has 0 unspecified atom stereocenters. The van der Waals surface area contributed by atoms with Crippen LogP contribution in [0, 0.1) is 0 Å².